The number of amides is 1. The normalized spacial score (nSPS) is 16.1. The van der Waals surface area contributed by atoms with Gasteiger partial charge in [0, 0.05) is 18.7 Å². The van der Waals surface area contributed by atoms with Gasteiger partial charge < -0.3 is 23.6 Å². The van der Waals surface area contributed by atoms with E-state index in [1.807, 2.05) is 71.6 Å². The van der Waals surface area contributed by atoms with E-state index < -0.39 is 5.41 Å². The summed E-state index contributed by atoms with van der Waals surface area (Å²) in [6, 6.07) is 25.2. The summed E-state index contributed by atoms with van der Waals surface area (Å²) in [5.74, 6) is 3.06. The molecular weight excluding hydrogens is 458 g/mol. The molecule has 0 radical (unpaired) electrons. The quantitative estimate of drug-likeness (QED) is 0.400. The number of likely N-dealkylation sites (tertiary alicyclic amines) is 1. The van der Waals surface area contributed by atoms with Gasteiger partial charge in [0.2, 0.25) is 6.79 Å². The molecule has 2 aliphatic heterocycles. The van der Waals surface area contributed by atoms with Gasteiger partial charge in [-0.1, -0.05) is 53.7 Å². The summed E-state index contributed by atoms with van der Waals surface area (Å²) in [6.45, 7) is 1.36. The third-order valence-corrected chi connectivity index (χ3v) is 6.88. The molecule has 182 valence electrons. The van der Waals surface area contributed by atoms with Gasteiger partial charge in [0.1, 0.15) is 5.75 Å². The molecule has 6 rings (SSSR count). The van der Waals surface area contributed by atoms with Crippen LogP contribution in [-0.2, 0) is 10.2 Å². The molecule has 0 N–H and O–H groups in total. The molecule has 8 heteroatoms. The van der Waals surface area contributed by atoms with Crippen molar-refractivity contribution in [3.8, 4) is 28.7 Å². The second-order valence-electron chi connectivity index (χ2n) is 8.92. The summed E-state index contributed by atoms with van der Waals surface area (Å²) < 4.78 is 22.3. The van der Waals surface area contributed by atoms with Gasteiger partial charge in [-0.05, 0) is 48.7 Å². The number of carbonyl (C=O) groups is 1. The Morgan fingerprint density at radius 1 is 0.917 bits per heavy atom. The molecule has 0 aliphatic carbocycles. The van der Waals surface area contributed by atoms with Crippen LogP contribution in [0, 0.1) is 0 Å². The maximum atomic E-state index is 12.9. The van der Waals surface area contributed by atoms with Crippen LogP contribution in [0.15, 0.2) is 83.4 Å². The van der Waals surface area contributed by atoms with E-state index in [4.69, 9.17) is 23.7 Å². The van der Waals surface area contributed by atoms with Crippen LogP contribution in [0.25, 0.3) is 11.5 Å². The van der Waals surface area contributed by atoms with Crippen LogP contribution in [0.5, 0.6) is 17.2 Å². The zero-order valence-corrected chi connectivity index (χ0v) is 19.6. The first-order valence-electron chi connectivity index (χ1n) is 12.0. The summed E-state index contributed by atoms with van der Waals surface area (Å²) in [7, 11) is 0. The molecule has 0 spiro atoms. The fourth-order valence-electron chi connectivity index (χ4n) is 4.85. The minimum absolute atomic E-state index is 0.0127. The number of hydrogen-bond donors (Lipinski definition) is 0. The number of benzene rings is 3. The minimum atomic E-state index is -0.462. The predicted octanol–water partition coefficient (Wildman–Crippen LogP) is 4.45. The Kier molecular flexibility index (Phi) is 5.77. The summed E-state index contributed by atoms with van der Waals surface area (Å²) in [5.41, 5.74) is 1.42. The highest BCUT2D eigenvalue weighted by molar-refractivity contribution is 5.78. The minimum Gasteiger partial charge on any atom is -0.484 e. The summed E-state index contributed by atoms with van der Waals surface area (Å²) >= 11 is 0. The topological polar surface area (TPSA) is 86.9 Å². The highest BCUT2D eigenvalue weighted by Crippen LogP contribution is 2.42. The van der Waals surface area contributed by atoms with Crippen LogP contribution in [0.1, 0.15) is 24.2 Å². The molecule has 1 amide bonds. The molecule has 1 aromatic heterocycles. The van der Waals surface area contributed by atoms with Crippen LogP contribution in [-0.4, -0.2) is 47.4 Å². The van der Waals surface area contributed by atoms with Crippen molar-refractivity contribution in [2.45, 2.75) is 18.3 Å². The van der Waals surface area contributed by atoms with E-state index in [0.29, 0.717) is 54.9 Å². The molecule has 4 aromatic rings. The molecule has 1 saturated heterocycles. The van der Waals surface area contributed by atoms with E-state index in [-0.39, 0.29) is 19.3 Å². The maximum absolute atomic E-state index is 12.9. The standard InChI is InChI=1S/C28H25N3O5/c32-25(18-33-22-9-5-2-6-10-22)31-15-13-28(14-16-31,21-7-3-1-4-8-21)27-29-26(36-30-27)20-11-12-23-24(17-20)35-19-34-23/h1-12,17H,13-16,18-19H2. The van der Waals surface area contributed by atoms with Gasteiger partial charge in [0.15, 0.2) is 23.9 Å². The Labute approximate surface area is 208 Å². The Bertz CT molecular complexity index is 1350. The highest BCUT2D eigenvalue weighted by Gasteiger charge is 2.43. The van der Waals surface area contributed by atoms with Gasteiger partial charge in [0.25, 0.3) is 11.8 Å². The predicted molar refractivity (Wildman–Crippen MR) is 131 cm³/mol. The number of hydrogen-bond acceptors (Lipinski definition) is 7. The van der Waals surface area contributed by atoms with Crippen molar-refractivity contribution in [3.63, 3.8) is 0 Å². The van der Waals surface area contributed by atoms with Gasteiger partial charge in [-0.2, -0.15) is 4.98 Å². The van der Waals surface area contributed by atoms with Crippen molar-refractivity contribution in [1.82, 2.24) is 15.0 Å². The number of piperidine rings is 1. The second-order valence-corrected chi connectivity index (χ2v) is 8.92. The Balaban J connectivity index is 1.22. The molecule has 36 heavy (non-hydrogen) atoms. The maximum Gasteiger partial charge on any atom is 0.260 e. The van der Waals surface area contributed by atoms with Crippen molar-refractivity contribution in [3.05, 3.63) is 90.3 Å². The van der Waals surface area contributed by atoms with Gasteiger partial charge in [-0.15, -0.1) is 0 Å². The smallest absolute Gasteiger partial charge is 0.260 e. The first-order valence-corrected chi connectivity index (χ1v) is 12.0. The number of carbonyl (C=O) groups excluding carboxylic acids is 1. The Morgan fingerprint density at radius 3 is 2.42 bits per heavy atom. The molecule has 3 aromatic carbocycles. The second kappa shape index (κ2) is 9.37. The van der Waals surface area contributed by atoms with Crippen LogP contribution >= 0.6 is 0 Å². The average Bonchev–Trinajstić information content (AvgIpc) is 3.63. The zero-order valence-electron chi connectivity index (χ0n) is 19.6. The molecule has 0 saturated carbocycles. The van der Waals surface area contributed by atoms with Crippen LogP contribution in [0.4, 0.5) is 0 Å². The number of fused-ring (bicyclic) bond motifs is 1. The molecule has 0 unspecified atom stereocenters. The first kappa shape index (κ1) is 22.2. The molecular formula is C28H25N3O5. The van der Waals surface area contributed by atoms with E-state index in [0.717, 1.165) is 11.1 Å². The Hall–Kier alpha value is -4.33. The van der Waals surface area contributed by atoms with Crippen LogP contribution < -0.4 is 14.2 Å². The molecule has 0 bridgehead atoms. The largest absolute Gasteiger partial charge is 0.484 e. The SMILES string of the molecule is O=C(COc1ccccc1)N1CCC(c2ccccc2)(c2noc(-c3ccc4c(c3)OCO4)n2)CC1. The molecule has 2 aliphatic rings. The van der Waals surface area contributed by atoms with Crippen LogP contribution in [0.3, 0.4) is 0 Å². The molecule has 8 nitrogen and oxygen atoms in total. The number of nitrogens with zero attached hydrogens (tertiary/aromatic N) is 3. The van der Waals surface area contributed by atoms with Crippen molar-refractivity contribution in [2.24, 2.45) is 0 Å². The lowest BCUT2D eigenvalue weighted by Crippen LogP contribution is -2.47. The molecule has 0 atom stereocenters. The Morgan fingerprint density at radius 2 is 1.64 bits per heavy atom. The monoisotopic (exact) mass is 483 g/mol. The van der Waals surface area contributed by atoms with Crippen molar-refractivity contribution in [2.75, 3.05) is 26.5 Å². The third-order valence-electron chi connectivity index (χ3n) is 6.88. The summed E-state index contributed by atoms with van der Waals surface area (Å²) in [5, 5.41) is 4.42. The summed E-state index contributed by atoms with van der Waals surface area (Å²) in [6.07, 6.45) is 1.35. The van der Waals surface area contributed by atoms with Crippen molar-refractivity contribution >= 4 is 5.91 Å². The van der Waals surface area contributed by atoms with Gasteiger partial charge in [-0.3, -0.25) is 4.79 Å². The lowest BCUT2D eigenvalue weighted by Gasteiger charge is -2.40. The number of ether oxygens (including phenoxy) is 3. The van der Waals surface area contributed by atoms with E-state index in [9.17, 15) is 4.79 Å². The van der Waals surface area contributed by atoms with Crippen molar-refractivity contribution in [1.29, 1.82) is 0 Å². The van der Waals surface area contributed by atoms with E-state index in [1.165, 1.54) is 0 Å². The third kappa shape index (κ3) is 4.15. The highest BCUT2D eigenvalue weighted by atomic mass is 16.7. The van der Waals surface area contributed by atoms with E-state index in [1.54, 1.807) is 0 Å². The zero-order chi connectivity index (χ0) is 24.4. The van der Waals surface area contributed by atoms with Crippen molar-refractivity contribution < 1.29 is 23.5 Å². The first-order chi connectivity index (χ1) is 17.7. The average molecular weight is 484 g/mol. The summed E-state index contributed by atoms with van der Waals surface area (Å²) in [4.78, 5) is 19.5. The molecule has 1 fully saturated rings. The fourth-order valence-corrected chi connectivity index (χ4v) is 4.85. The lowest BCUT2D eigenvalue weighted by atomic mass is 9.72. The van der Waals surface area contributed by atoms with E-state index >= 15 is 0 Å². The van der Waals surface area contributed by atoms with Gasteiger partial charge in [-0.25, -0.2) is 0 Å². The number of aromatic nitrogens is 2. The molecule has 3 heterocycles. The number of rotatable bonds is 6. The fraction of sp³-hybridized carbons (Fsp3) is 0.250. The lowest BCUT2D eigenvalue weighted by molar-refractivity contribution is -0.134. The van der Waals surface area contributed by atoms with E-state index in [2.05, 4.69) is 17.3 Å². The number of para-hydroxylation sites is 1. The van der Waals surface area contributed by atoms with Crippen LogP contribution in [0.2, 0.25) is 0 Å². The van der Waals surface area contributed by atoms with Gasteiger partial charge in [0.05, 0.1) is 5.41 Å². The van der Waals surface area contributed by atoms with Gasteiger partial charge >= 0.3 is 0 Å².